The number of nitrogens with one attached hydrogen (secondary N) is 1. The Kier molecular flexibility index (Phi) is 5.28. The minimum Gasteiger partial charge on any atom is -0.372 e. The van der Waals surface area contributed by atoms with Gasteiger partial charge in [0.25, 0.3) is 0 Å². The molecule has 1 aromatic rings. The number of benzene rings is 1. The van der Waals surface area contributed by atoms with E-state index < -0.39 is 0 Å². The van der Waals surface area contributed by atoms with Crippen LogP contribution in [0.4, 0.5) is 0 Å². The molecule has 2 fully saturated rings. The first-order chi connectivity index (χ1) is 10.3. The van der Waals surface area contributed by atoms with E-state index in [-0.39, 0.29) is 0 Å². The molecule has 0 aliphatic heterocycles. The van der Waals surface area contributed by atoms with Crippen LogP contribution in [0.1, 0.15) is 50.5 Å². The third kappa shape index (κ3) is 4.06. The molecule has 2 saturated carbocycles. The Labute approximate surface area is 128 Å². The highest BCUT2D eigenvalue weighted by Gasteiger charge is 2.31. The van der Waals surface area contributed by atoms with Crippen molar-refractivity contribution in [2.75, 3.05) is 0 Å². The van der Waals surface area contributed by atoms with E-state index >= 15 is 0 Å². The van der Waals surface area contributed by atoms with Crippen LogP contribution in [0.15, 0.2) is 30.3 Å². The Bertz CT molecular complexity index is 422. The summed E-state index contributed by atoms with van der Waals surface area (Å²) in [7, 11) is 0. The van der Waals surface area contributed by atoms with Gasteiger partial charge in [0.15, 0.2) is 0 Å². The van der Waals surface area contributed by atoms with E-state index in [0.717, 1.165) is 6.61 Å². The number of hydrogen-bond acceptors (Lipinski definition) is 3. The maximum atomic E-state index is 6.22. The third-order valence-electron chi connectivity index (χ3n) is 5.01. The summed E-state index contributed by atoms with van der Waals surface area (Å²) in [5.74, 6) is 0. The van der Waals surface area contributed by atoms with Gasteiger partial charge in [0.05, 0.1) is 12.7 Å². The Hall–Kier alpha value is -0.900. The van der Waals surface area contributed by atoms with Crippen molar-refractivity contribution in [3.8, 4) is 0 Å². The Morgan fingerprint density at radius 3 is 2.48 bits per heavy atom. The molecule has 0 bridgehead atoms. The third-order valence-corrected chi connectivity index (χ3v) is 5.01. The predicted molar refractivity (Wildman–Crippen MR) is 86.0 cm³/mol. The zero-order valence-corrected chi connectivity index (χ0v) is 12.8. The van der Waals surface area contributed by atoms with Crippen LogP contribution in [0.2, 0.25) is 0 Å². The average molecular weight is 288 g/mol. The molecule has 2 aliphatic rings. The van der Waals surface area contributed by atoms with Gasteiger partial charge in [-0.2, -0.15) is 0 Å². The molecular weight excluding hydrogens is 260 g/mol. The Morgan fingerprint density at radius 2 is 1.71 bits per heavy atom. The predicted octanol–water partition coefficient (Wildman–Crippen LogP) is 2.98. The van der Waals surface area contributed by atoms with Crippen LogP contribution < -0.4 is 11.1 Å². The number of hydrogen-bond donors (Lipinski definition) is 2. The zero-order valence-electron chi connectivity index (χ0n) is 12.8. The smallest absolute Gasteiger partial charge is 0.0732 e. The normalized spacial score (nSPS) is 33.2. The zero-order chi connectivity index (χ0) is 14.5. The van der Waals surface area contributed by atoms with Crippen LogP contribution in [0.3, 0.4) is 0 Å². The molecule has 0 spiro atoms. The second-order valence-electron chi connectivity index (χ2n) is 6.59. The van der Waals surface area contributed by atoms with E-state index in [1.165, 1.54) is 50.5 Å². The van der Waals surface area contributed by atoms with Crippen molar-refractivity contribution >= 4 is 0 Å². The summed E-state index contributed by atoms with van der Waals surface area (Å²) in [5, 5.41) is 3.80. The van der Waals surface area contributed by atoms with Crippen molar-refractivity contribution in [1.29, 1.82) is 0 Å². The molecule has 0 radical (unpaired) electrons. The van der Waals surface area contributed by atoms with Gasteiger partial charge in [-0.25, -0.2) is 0 Å². The average Bonchev–Trinajstić information content (AvgIpc) is 2.93. The van der Waals surface area contributed by atoms with E-state index in [4.69, 9.17) is 10.5 Å². The first kappa shape index (κ1) is 15.0. The van der Waals surface area contributed by atoms with E-state index in [1.54, 1.807) is 0 Å². The summed E-state index contributed by atoms with van der Waals surface area (Å²) < 4.78 is 6.22. The molecule has 4 atom stereocenters. The number of ether oxygens (including phenoxy) is 1. The van der Waals surface area contributed by atoms with Gasteiger partial charge in [-0.1, -0.05) is 49.6 Å². The molecule has 0 heterocycles. The lowest BCUT2D eigenvalue weighted by atomic mass is 9.91. The minimum absolute atomic E-state index is 0.335. The monoisotopic (exact) mass is 288 g/mol. The SMILES string of the molecule is NC1CCCC1NC1CCCCC1OCc1ccccc1. The first-order valence-electron chi connectivity index (χ1n) is 8.50. The van der Waals surface area contributed by atoms with E-state index in [1.807, 2.05) is 0 Å². The lowest BCUT2D eigenvalue weighted by Gasteiger charge is -2.35. The Morgan fingerprint density at radius 1 is 0.952 bits per heavy atom. The summed E-state index contributed by atoms with van der Waals surface area (Å²) in [6.07, 6.45) is 8.99. The summed E-state index contributed by atoms with van der Waals surface area (Å²) >= 11 is 0. The maximum absolute atomic E-state index is 6.22. The molecule has 4 unspecified atom stereocenters. The molecule has 0 saturated heterocycles. The van der Waals surface area contributed by atoms with Crippen LogP contribution in [0.5, 0.6) is 0 Å². The summed E-state index contributed by atoms with van der Waals surface area (Å²) in [5.41, 5.74) is 7.47. The van der Waals surface area contributed by atoms with Crippen molar-refractivity contribution in [3.05, 3.63) is 35.9 Å². The van der Waals surface area contributed by atoms with Gasteiger partial charge in [-0.3, -0.25) is 0 Å². The molecule has 3 heteroatoms. The summed E-state index contributed by atoms with van der Waals surface area (Å²) in [6.45, 7) is 0.723. The van der Waals surface area contributed by atoms with Gasteiger partial charge < -0.3 is 15.8 Å². The lowest BCUT2D eigenvalue weighted by molar-refractivity contribution is -0.00861. The van der Waals surface area contributed by atoms with Crippen LogP contribution >= 0.6 is 0 Å². The fourth-order valence-corrected chi connectivity index (χ4v) is 3.74. The molecular formula is C18H28N2O. The second kappa shape index (κ2) is 7.39. The molecule has 3 nitrogen and oxygen atoms in total. The van der Waals surface area contributed by atoms with E-state index in [2.05, 4.69) is 35.6 Å². The molecule has 21 heavy (non-hydrogen) atoms. The Balaban J connectivity index is 1.54. The molecule has 3 N–H and O–H groups in total. The molecule has 0 aromatic heterocycles. The topological polar surface area (TPSA) is 47.3 Å². The fraction of sp³-hybridized carbons (Fsp3) is 0.667. The number of rotatable bonds is 5. The molecule has 116 valence electrons. The van der Waals surface area contributed by atoms with Crippen molar-refractivity contribution in [3.63, 3.8) is 0 Å². The van der Waals surface area contributed by atoms with Crippen LogP contribution in [-0.4, -0.2) is 24.2 Å². The summed E-state index contributed by atoms with van der Waals surface area (Å²) in [6, 6.07) is 11.8. The van der Waals surface area contributed by atoms with Gasteiger partial charge in [0.2, 0.25) is 0 Å². The second-order valence-corrected chi connectivity index (χ2v) is 6.59. The van der Waals surface area contributed by atoms with E-state index in [0.29, 0.717) is 24.2 Å². The largest absolute Gasteiger partial charge is 0.372 e. The highest BCUT2D eigenvalue weighted by Crippen LogP contribution is 2.25. The van der Waals surface area contributed by atoms with Crippen LogP contribution in [-0.2, 0) is 11.3 Å². The maximum Gasteiger partial charge on any atom is 0.0732 e. The van der Waals surface area contributed by atoms with Gasteiger partial charge in [-0.15, -0.1) is 0 Å². The van der Waals surface area contributed by atoms with Gasteiger partial charge in [-0.05, 0) is 31.2 Å². The quantitative estimate of drug-likeness (QED) is 0.875. The molecule has 0 amide bonds. The fourth-order valence-electron chi connectivity index (χ4n) is 3.74. The highest BCUT2D eigenvalue weighted by atomic mass is 16.5. The van der Waals surface area contributed by atoms with Gasteiger partial charge in [0, 0.05) is 18.1 Å². The van der Waals surface area contributed by atoms with Crippen molar-refractivity contribution in [2.45, 2.75) is 75.8 Å². The minimum atomic E-state index is 0.335. The standard InChI is InChI=1S/C18H28N2O/c19-15-9-6-11-16(15)20-17-10-4-5-12-18(17)21-13-14-7-2-1-3-8-14/h1-3,7-8,15-18,20H,4-6,9-13,19H2. The van der Waals surface area contributed by atoms with Crippen LogP contribution in [0, 0.1) is 0 Å². The molecule has 3 rings (SSSR count). The van der Waals surface area contributed by atoms with Gasteiger partial charge in [0.1, 0.15) is 0 Å². The first-order valence-corrected chi connectivity index (χ1v) is 8.50. The number of nitrogens with two attached hydrogens (primary N) is 1. The van der Waals surface area contributed by atoms with E-state index in [9.17, 15) is 0 Å². The molecule has 2 aliphatic carbocycles. The highest BCUT2D eigenvalue weighted by molar-refractivity contribution is 5.13. The van der Waals surface area contributed by atoms with Crippen molar-refractivity contribution < 1.29 is 4.74 Å². The lowest BCUT2D eigenvalue weighted by Crippen LogP contribution is -2.52. The van der Waals surface area contributed by atoms with Crippen molar-refractivity contribution in [2.24, 2.45) is 5.73 Å². The van der Waals surface area contributed by atoms with Gasteiger partial charge >= 0.3 is 0 Å². The molecule has 1 aromatic carbocycles. The summed E-state index contributed by atoms with van der Waals surface area (Å²) in [4.78, 5) is 0. The van der Waals surface area contributed by atoms with Crippen LogP contribution in [0.25, 0.3) is 0 Å². The van der Waals surface area contributed by atoms with Crippen molar-refractivity contribution in [1.82, 2.24) is 5.32 Å².